The summed E-state index contributed by atoms with van der Waals surface area (Å²) < 4.78 is 33.2. The molecule has 30 heavy (non-hydrogen) atoms. The van der Waals surface area contributed by atoms with Gasteiger partial charge in [0.05, 0.1) is 18.6 Å². The molecule has 0 radical (unpaired) electrons. The number of nitrogens with zero attached hydrogens (tertiary/aromatic N) is 1. The fraction of sp³-hybridized carbons (Fsp3) is 0.435. The second-order valence-corrected chi connectivity index (χ2v) is 9.40. The van der Waals surface area contributed by atoms with Crippen LogP contribution in [0.3, 0.4) is 0 Å². The van der Waals surface area contributed by atoms with Crippen molar-refractivity contribution in [3.63, 3.8) is 0 Å². The monoisotopic (exact) mass is 432 g/mol. The number of nitrogens with one attached hydrogen (secondary N) is 1. The van der Waals surface area contributed by atoms with Crippen molar-refractivity contribution in [3.8, 4) is 5.75 Å². The zero-order valence-electron chi connectivity index (χ0n) is 18.2. The summed E-state index contributed by atoms with van der Waals surface area (Å²) in [6.45, 7) is 5.77. The number of rotatable bonds is 11. The lowest BCUT2D eigenvalue weighted by Crippen LogP contribution is -2.44. The van der Waals surface area contributed by atoms with Crippen LogP contribution in [0.15, 0.2) is 53.4 Å². The molecule has 0 saturated carbocycles. The van der Waals surface area contributed by atoms with Crippen LogP contribution in [0.25, 0.3) is 0 Å². The molecule has 0 aliphatic heterocycles. The maximum atomic E-state index is 13.4. The summed E-state index contributed by atoms with van der Waals surface area (Å²) in [5.74, 6) is 0.328. The van der Waals surface area contributed by atoms with Crippen LogP contribution in [0.5, 0.6) is 5.75 Å². The lowest BCUT2D eigenvalue weighted by atomic mass is 10.1. The Morgan fingerprint density at radius 2 is 1.87 bits per heavy atom. The van der Waals surface area contributed by atoms with E-state index in [1.165, 1.54) is 10.4 Å². The molecule has 1 N–H and O–H groups in total. The van der Waals surface area contributed by atoms with Gasteiger partial charge in [0.25, 0.3) is 0 Å². The van der Waals surface area contributed by atoms with Crippen molar-refractivity contribution in [2.45, 2.75) is 51.0 Å². The maximum absolute atomic E-state index is 13.4. The van der Waals surface area contributed by atoms with Crippen molar-refractivity contribution < 1.29 is 17.9 Å². The van der Waals surface area contributed by atoms with E-state index in [2.05, 4.69) is 5.32 Å². The van der Waals surface area contributed by atoms with Gasteiger partial charge in [-0.25, -0.2) is 8.42 Å². The molecule has 0 heterocycles. The highest BCUT2D eigenvalue weighted by Gasteiger charge is 2.27. The van der Waals surface area contributed by atoms with E-state index in [0.717, 1.165) is 24.0 Å². The van der Waals surface area contributed by atoms with Crippen LogP contribution in [-0.2, 0) is 21.2 Å². The molecular formula is C23H32N2O4S. The highest BCUT2D eigenvalue weighted by molar-refractivity contribution is 7.89. The first-order chi connectivity index (χ1) is 14.3. The van der Waals surface area contributed by atoms with Crippen LogP contribution in [0.2, 0.25) is 0 Å². The molecule has 0 fully saturated rings. The summed E-state index contributed by atoms with van der Waals surface area (Å²) >= 11 is 0. The number of methoxy groups -OCH3 is 1. The quantitative estimate of drug-likeness (QED) is 0.589. The van der Waals surface area contributed by atoms with E-state index in [4.69, 9.17) is 4.74 Å². The molecule has 6 nitrogen and oxygen atoms in total. The molecule has 0 unspecified atom stereocenters. The number of sulfonamides is 1. The summed E-state index contributed by atoms with van der Waals surface area (Å²) in [6.07, 6.45) is 2.32. The average Bonchev–Trinajstić information content (AvgIpc) is 2.71. The molecule has 2 aromatic rings. The molecule has 0 aliphatic rings. The van der Waals surface area contributed by atoms with Gasteiger partial charge in [-0.1, -0.05) is 43.7 Å². The molecule has 164 valence electrons. The maximum Gasteiger partial charge on any atom is 0.243 e. The van der Waals surface area contributed by atoms with E-state index >= 15 is 0 Å². The standard InChI is InChI=1S/C23H32N2O4S/c1-5-9-19(3)24-23(26)17-25(15-14-20-10-7-6-8-11-20)30(27,28)21-12-13-22(29-4)18(2)16-21/h6-8,10-13,16,19H,5,9,14-15,17H2,1-4H3,(H,24,26)/t19-/m1/s1. The first-order valence-electron chi connectivity index (χ1n) is 10.3. The summed E-state index contributed by atoms with van der Waals surface area (Å²) in [4.78, 5) is 12.7. The molecular weight excluding hydrogens is 400 g/mol. The van der Waals surface area contributed by atoms with Crippen LogP contribution in [0, 0.1) is 6.92 Å². The Bertz CT molecular complexity index is 929. The summed E-state index contributed by atoms with van der Waals surface area (Å²) in [6, 6.07) is 14.4. The Balaban J connectivity index is 2.26. The number of aryl methyl sites for hydroxylation is 1. The van der Waals surface area contributed by atoms with Gasteiger partial charge in [0.15, 0.2) is 0 Å². The second-order valence-electron chi connectivity index (χ2n) is 7.46. The van der Waals surface area contributed by atoms with E-state index < -0.39 is 10.0 Å². The SMILES string of the molecule is CCC[C@@H](C)NC(=O)CN(CCc1ccccc1)S(=O)(=O)c1ccc(OC)c(C)c1. The van der Waals surface area contributed by atoms with Gasteiger partial charge in [0.2, 0.25) is 15.9 Å². The van der Waals surface area contributed by atoms with Crippen LogP contribution < -0.4 is 10.1 Å². The smallest absolute Gasteiger partial charge is 0.243 e. The largest absolute Gasteiger partial charge is 0.496 e. The number of hydrogen-bond donors (Lipinski definition) is 1. The van der Waals surface area contributed by atoms with E-state index in [-0.39, 0.29) is 29.9 Å². The van der Waals surface area contributed by atoms with Crippen LogP contribution in [0.1, 0.15) is 37.8 Å². The van der Waals surface area contributed by atoms with Crippen molar-refractivity contribution in [2.75, 3.05) is 20.2 Å². The minimum absolute atomic E-state index is 0.00408. The molecule has 1 amide bonds. The number of carbonyl (C=O) groups excluding carboxylic acids is 1. The van der Waals surface area contributed by atoms with E-state index in [1.54, 1.807) is 26.2 Å². The predicted molar refractivity (Wildman–Crippen MR) is 119 cm³/mol. The molecule has 1 atom stereocenters. The first kappa shape index (κ1) is 23.9. The van der Waals surface area contributed by atoms with Crippen molar-refractivity contribution in [3.05, 3.63) is 59.7 Å². The normalized spacial score (nSPS) is 12.6. The third-order valence-corrected chi connectivity index (χ3v) is 6.79. The van der Waals surface area contributed by atoms with Crippen LogP contribution in [0.4, 0.5) is 0 Å². The zero-order valence-corrected chi connectivity index (χ0v) is 19.0. The molecule has 7 heteroatoms. The van der Waals surface area contributed by atoms with Gasteiger partial charge in [-0.2, -0.15) is 4.31 Å². The lowest BCUT2D eigenvalue weighted by Gasteiger charge is -2.23. The van der Waals surface area contributed by atoms with E-state index in [0.29, 0.717) is 12.2 Å². The highest BCUT2D eigenvalue weighted by atomic mass is 32.2. The van der Waals surface area contributed by atoms with Crippen molar-refractivity contribution in [1.29, 1.82) is 0 Å². The van der Waals surface area contributed by atoms with Crippen molar-refractivity contribution in [1.82, 2.24) is 9.62 Å². The van der Waals surface area contributed by atoms with Gasteiger partial charge in [0.1, 0.15) is 5.75 Å². The first-order valence-corrected chi connectivity index (χ1v) is 11.7. The minimum Gasteiger partial charge on any atom is -0.496 e. The van der Waals surface area contributed by atoms with Crippen molar-refractivity contribution in [2.24, 2.45) is 0 Å². The molecule has 0 aliphatic carbocycles. The Labute approximate surface area is 180 Å². The molecule has 0 aromatic heterocycles. The Morgan fingerprint density at radius 1 is 1.17 bits per heavy atom. The number of carbonyl (C=O) groups is 1. The van der Waals surface area contributed by atoms with Crippen molar-refractivity contribution >= 4 is 15.9 Å². The van der Waals surface area contributed by atoms with Gasteiger partial charge in [-0.15, -0.1) is 0 Å². The third kappa shape index (κ3) is 6.57. The van der Waals surface area contributed by atoms with Gasteiger partial charge >= 0.3 is 0 Å². The third-order valence-electron chi connectivity index (χ3n) is 4.95. The minimum atomic E-state index is -3.84. The molecule has 2 rings (SSSR count). The number of amides is 1. The lowest BCUT2D eigenvalue weighted by molar-refractivity contribution is -0.121. The second kappa shape index (κ2) is 11.1. The van der Waals surface area contributed by atoms with E-state index in [9.17, 15) is 13.2 Å². The Morgan fingerprint density at radius 3 is 2.47 bits per heavy atom. The van der Waals surface area contributed by atoms with Gasteiger partial charge < -0.3 is 10.1 Å². The zero-order chi connectivity index (χ0) is 22.1. The molecule has 0 spiro atoms. The summed E-state index contributed by atoms with van der Waals surface area (Å²) in [7, 11) is -2.30. The van der Waals surface area contributed by atoms with Crippen LogP contribution in [-0.4, -0.2) is 44.9 Å². The average molecular weight is 433 g/mol. The Kier molecular flexibility index (Phi) is 8.87. The summed E-state index contributed by atoms with van der Waals surface area (Å²) in [5.41, 5.74) is 1.74. The summed E-state index contributed by atoms with van der Waals surface area (Å²) in [5, 5.41) is 2.90. The fourth-order valence-corrected chi connectivity index (χ4v) is 4.81. The number of hydrogen-bond acceptors (Lipinski definition) is 4. The van der Waals surface area contributed by atoms with Gasteiger partial charge in [-0.05, 0) is 56.0 Å². The number of ether oxygens (including phenoxy) is 1. The molecule has 2 aromatic carbocycles. The van der Waals surface area contributed by atoms with E-state index in [1.807, 2.05) is 44.2 Å². The topological polar surface area (TPSA) is 75.7 Å². The number of benzene rings is 2. The molecule has 0 saturated heterocycles. The fourth-order valence-electron chi connectivity index (χ4n) is 3.33. The van der Waals surface area contributed by atoms with Gasteiger partial charge in [0, 0.05) is 12.6 Å². The van der Waals surface area contributed by atoms with Crippen LogP contribution >= 0.6 is 0 Å². The molecule has 0 bridgehead atoms. The van der Waals surface area contributed by atoms with Gasteiger partial charge in [-0.3, -0.25) is 4.79 Å². The predicted octanol–water partition coefficient (Wildman–Crippen LogP) is 3.54. The Hall–Kier alpha value is -2.38. The highest BCUT2D eigenvalue weighted by Crippen LogP contribution is 2.24.